The van der Waals surface area contributed by atoms with E-state index in [-0.39, 0.29) is 18.4 Å². The van der Waals surface area contributed by atoms with Crippen LogP contribution in [0.1, 0.15) is 15.9 Å². The largest absolute Gasteiger partial charge is 0.493 e. The Balaban J connectivity index is 1.56. The van der Waals surface area contributed by atoms with Crippen LogP contribution in [-0.2, 0) is 4.79 Å². The predicted molar refractivity (Wildman–Crippen MR) is 138 cm³/mol. The number of carbonyl (C=O) groups excluding carboxylic acids is 2. The average molecular weight is 477 g/mol. The van der Waals surface area contributed by atoms with Crippen molar-refractivity contribution in [1.29, 1.82) is 0 Å². The monoisotopic (exact) mass is 476 g/mol. The van der Waals surface area contributed by atoms with Crippen molar-refractivity contribution >= 4 is 23.6 Å². The Labute approximate surface area is 206 Å². The number of para-hydroxylation sites is 1. The molecule has 1 aliphatic rings. The number of amides is 2. The number of ether oxygens (including phenoxy) is 2. The van der Waals surface area contributed by atoms with Gasteiger partial charge in [-0.05, 0) is 43.0 Å². The van der Waals surface area contributed by atoms with Crippen LogP contribution < -0.4 is 20.1 Å². The lowest BCUT2D eigenvalue weighted by Crippen LogP contribution is -2.46. The van der Waals surface area contributed by atoms with Crippen molar-refractivity contribution in [3.05, 3.63) is 59.7 Å². The summed E-state index contributed by atoms with van der Waals surface area (Å²) in [5, 5.41) is 5.75. The van der Waals surface area contributed by atoms with E-state index in [1.54, 1.807) is 48.5 Å². The fraction of sp³-hybridized carbons (Fsp3) is 0.333. The summed E-state index contributed by atoms with van der Waals surface area (Å²) >= 11 is 0. The minimum Gasteiger partial charge on any atom is -0.493 e. The summed E-state index contributed by atoms with van der Waals surface area (Å²) in [7, 11) is 3.65. The van der Waals surface area contributed by atoms with Crippen LogP contribution >= 0.6 is 0 Å². The van der Waals surface area contributed by atoms with Crippen molar-refractivity contribution in [3.63, 3.8) is 0 Å². The van der Waals surface area contributed by atoms with Gasteiger partial charge in [0, 0.05) is 45.3 Å². The number of benzene rings is 2. The molecule has 1 fully saturated rings. The van der Waals surface area contributed by atoms with Gasteiger partial charge in [0.1, 0.15) is 6.61 Å². The molecule has 0 atom stereocenters. The summed E-state index contributed by atoms with van der Waals surface area (Å²) in [5.41, 5.74) is 1.62. The first-order valence-electron chi connectivity index (χ1n) is 11.5. The van der Waals surface area contributed by atoms with Crippen LogP contribution in [0.25, 0.3) is 6.08 Å². The maximum Gasteiger partial charge on any atom is 0.253 e. The van der Waals surface area contributed by atoms with E-state index in [9.17, 15) is 9.59 Å². The molecular weight excluding hydrogens is 444 g/mol. The van der Waals surface area contributed by atoms with Gasteiger partial charge in [-0.25, -0.2) is 0 Å². The lowest BCUT2D eigenvalue weighted by molar-refractivity contribution is -0.111. The lowest BCUT2D eigenvalue weighted by atomic mass is 10.1. The first-order chi connectivity index (χ1) is 17.0. The molecule has 8 heteroatoms. The van der Waals surface area contributed by atoms with E-state index in [1.807, 2.05) is 0 Å². The molecule has 2 aromatic carbocycles. The van der Waals surface area contributed by atoms with E-state index in [1.165, 1.54) is 13.2 Å². The zero-order valence-corrected chi connectivity index (χ0v) is 20.3. The normalized spacial score (nSPS) is 14.3. The van der Waals surface area contributed by atoms with E-state index < -0.39 is 0 Å². The number of methoxy groups -OCH3 is 1. The van der Waals surface area contributed by atoms with Crippen molar-refractivity contribution in [2.45, 2.75) is 0 Å². The minimum atomic E-state index is -0.352. The molecular formula is C27H32N4O4. The molecule has 0 spiro atoms. The van der Waals surface area contributed by atoms with E-state index >= 15 is 0 Å². The number of hydrogen-bond donors (Lipinski definition) is 2. The minimum absolute atomic E-state index is 0.136. The number of carbonyl (C=O) groups is 2. The highest BCUT2D eigenvalue weighted by molar-refractivity contribution is 6.07. The maximum atomic E-state index is 12.8. The Morgan fingerprint density at radius 2 is 1.89 bits per heavy atom. The molecule has 2 amide bonds. The molecule has 1 heterocycles. The molecule has 0 radical (unpaired) electrons. The Bertz CT molecular complexity index is 1080. The molecule has 184 valence electrons. The summed E-state index contributed by atoms with van der Waals surface area (Å²) in [5.74, 6) is 2.88. The van der Waals surface area contributed by atoms with Gasteiger partial charge >= 0.3 is 0 Å². The highest BCUT2D eigenvalue weighted by atomic mass is 16.5. The smallest absolute Gasteiger partial charge is 0.253 e. The van der Waals surface area contributed by atoms with Crippen molar-refractivity contribution < 1.29 is 19.1 Å². The first kappa shape index (κ1) is 25.8. The lowest BCUT2D eigenvalue weighted by Gasteiger charge is -2.32. The summed E-state index contributed by atoms with van der Waals surface area (Å²) in [6.07, 6.45) is 8.29. The van der Waals surface area contributed by atoms with Gasteiger partial charge in [0.2, 0.25) is 5.91 Å². The topological polar surface area (TPSA) is 83.1 Å². The van der Waals surface area contributed by atoms with Crippen LogP contribution in [0.2, 0.25) is 0 Å². The first-order valence-corrected chi connectivity index (χ1v) is 11.5. The van der Waals surface area contributed by atoms with Crippen LogP contribution in [0.4, 0.5) is 5.69 Å². The summed E-state index contributed by atoms with van der Waals surface area (Å²) in [6, 6.07) is 12.2. The van der Waals surface area contributed by atoms with E-state index in [0.29, 0.717) is 29.3 Å². The molecule has 35 heavy (non-hydrogen) atoms. The third-order valence-corrected chi connectivity index (χ3v) is 5.66. The molecule has 8 nitrogen and oxygen atoms in total. The summed E-state index contributed by atoms with van der Waals surface area (Å²) in [4.78, 5) is 29.9. The van der Waals surface area contributed by atoms with Crippen LogP contribution in [0.3, 0.4) is 0 Å². The van der Waals surface area contributed by atoms with E-state index in [2.05, 4.69) is 33.4 Å². The number of terminal acetylenes is 1. The molecule has 2 N–H and O–H groups in total. The quantitative estimate of drug-likeness (QED) is 0.405. The van der Waals surface area contributed by atoms with Crippen molar-refractivity contribution in [2.75, 3.05) is 65.3 Å². The second-order valence-corrected chi connectivity index (χ2v) is 8.17. The molecule has 0 aliphatic carbocycles. The maximum absolute atomic E-state index is 12.8. The number of anilines is 1. The Hall–Kier alpha value is -3.80. The highest BCUT2D eigenvalue weighted by Crippen LogP contribution is 2.28. The predicted octanol–water partition coefficient (Wildman–Crippen LogP) is 2.34. The number of piperazine rings is 1. The third kappa shape index (κ3) is 7.88. The van der Waals surface area contributed by atoms with Gasteiger partial charge in [0.25, 0.3) is 5.91 Å². The molecule has 1 aliphatic heterocycles. The average Bonchev–Trinajstić information content (AvgIpc) is 2.87. The van der Waals surface area contributed by atoms with Gasteiger partial charge in [-0.3, -0.25) is 14.5 Å². The van der Waals surface area contributed by atoms with Gasteiger partial charge in [-0.2, -0.15) is 0 Å². The Morgan fingerprint density at radius 3 is 2.63 bits per heavy atom. The second-order valence-electron chi connectivity index (χ2n) is 8.17. The zero-order chi connectivity index (χ0) is 25.0. The molecule has 0 aromatic heterocycles. The number of likely N-dealkylation sites (N-methyl/N-ethyl adjacent to an activating group) is 1. The fourth-order valence-electron chi connectivity index (χ4n) is 3.66. The SMILES string of the molecule is C#CCOc1ccc(C=CC(=O)Nc2ccccc2C(=O)NCCN2CCN(C)CC2)cc1OC. The molecule has 0 unspecified atom stereocenters. The summed E-state index contributed by atoms with van der Waals surface area (Å²) in [6.45, 7) is 5.55. The number of nitrogens with zero attached hydrogens (tertiary/aromatic N) is 2. The van der Waals surface area contributed by atoms with Crippen molar-refractivity contribution in [3.8, 4) is 23.8 Å². The van der Waals surface area contributed by atoms with Crippen molar-refractivity contribution in [2.24, 2.45) is 0 Å². The van der Waals surface area contributed by atoms with Gasteiger partial charge in [-0.15, -0.1) is 6.42 Å². The third-order valence-electron chi connectivity index (χ3n) is 5.66. The zero-order valence-electron chi connectivity index (χ0n) is 20.3. The Morgan fingerprint density at radius 1 is 1.11 bits per heavy atom. The molecule has 3 rings (SSSR count). The van der Waals surface area contributed by atoms with Gasteiger partial charge < -0.3 is 25.0 Å². The second kappa shape index (κ2) is 13.2. The van der Waals surface area contributed by atoms with Crippen molar-refractivity contribution in [1.82, 2.24) is 15.1 Å². The van der Waals surface area contributed by atoms with Crippen LogP contribution in [-0.4, -0.2) is 81.6 Å². The number of nitrogens with one attached hydrogen (secondary N) is 2. The standard InChI is InChI=1S/C27H32N4O4/c1-4-19-35-24-11-9-21(20-25(24)34-3)10-12-26(32)29-23-8-6-5-7-22(23)27(33)28-13-14-31-17-15-30(2)16-18-31/h1,5-12,20H,13-19H2,2-3H3,(H,28,33)(H,29,32). The number of rotatable bonds is 10. The van der Waals surface area contributed by atoms with Gasteiger partial charge in [0.15, 0.2) is 11.5 Å². The van der Waals surface area contributed by atoms with E-state index in [0.717, 1.165) is 38.3 Å². The molecule has 2 aromatic rings. The highest BCUT2D eigenvalue weighted by Gasteiger charge is 2.15. The van der Waals surface area contributed by atoms with E-state index in [4.69, 9.17) is 15.9 Å². The van der Waals surface area contributed by atoms with Crippen LogP contribution in [0.5, 0.6) is 11.5 Å². The Kier molecular flexibility index (Phi) is 9.72. The molecule has 0 saturated carbocycles. The van der Waals surface area contributed by atoms with Gasteiger partial charge in [0.05, 0.1) is 18.4 Å². The van der Waals surface area contributed by atoms with Crippen LogP contribution in [0, 0.1) is 12.3 Å². The van der Waals surface area contributed by atoms with Gasteiger partial charge in [-0.1, -0.05) is 24.1 Å². The number of hydrogen-bond acceptors (Lipinski definition) is 6. The van der Waals surface area contributed by atoms with Crippen LogP contribution in [0.15, 0.2) is 48.5 Å². The molecule has 0 bridgehead atoms. The molecule has 1 saturated heterocycles. The fourth-order valence-corrected chi connectivity index (χ4v) is 3.66. The summed E-state index contributed by atoms with van der Waals surface area (Å²) < 4.78 is 10.8.